The molecule has 0 saturated carbocycles. The van der Waals surface area contributed by atoms with Crippen LogP contribution in [0.2, 0.25) is 0 Å². The van der Waals surface area contributed by atoms with Gasteiger partial charge in [-0.1, -0.05) is 0 Å². The number of amides is 1. The first-order valence-corrected chi connectivity index (χ1v) is 6.49. The van der Waals surface area contributed by atoms with E-state index >= 15 is 0 Å². The zero-order valence-corrected chi connectivity index (χ0v) is 11.7. The van der Waals surface area contributed by atoms with E-state index in [2.05, 4.69) is 10.2 Å². The Labute approximate surface area is 114 Å². The number of carbonyl (C=O) groups excluding carboxylic acids is 1. The highest BCUT2D eigenvalue weighted by Gasteiger charge is 2.02. The number of ether oxygens (including phenoxy) is 1. The van der Waals surface area contributed by atoms with Gasteiger partial charge in [-0.05, 0) is 51.3 Å². The van der Waals surface area contributed by atoms with Crippen LogP contribution in [0, 0.1) is 0 Å². The van der Waals surface area contributed by atoms with E-state index < -0.39 is 0 Å². The monoisotopic (exact) mass is 265 g/mol. The molecule has 19 heavy (non-hydrogen) atoms. The number of nitrogens with one attached hydrogen (secondary N) is 1. The average Bonchev–Trinajstić information content (AvgIpc) is 2.38. The minimum Gasteiger partial charge on any atom is -0.492 e. The lowest BCUT2D eigenvalue weighted by Gasteiger charge is -2.11. The molecule has 0 unspecified atom stereocenters. The molecular weight excluding hydrogens is 242 g/mol. The number of likely N-dealkylation sites (N-methyl/N-ethyl adjacent to an activating group) is 1. The quantitative estimate of drug-likeness (QED) is 0.743. The summed E-state index contributed by atoms with van der Waals surface area (Å²) in [6.07, 6.45) is 1.16. The van der Waals surface area contributed by atoms with Crippen LogP contribution in [-0.4, -0.2) is 44.6 Å². The molecule has 1 aromatic rings. The van der Waals surface area contributed by atoms with Crippen LogP contribution >= 0.6 is 0 Å². The highest BCUT2D eigenvalue weighted by Crippen LogP contribution is 2.15. The highest BCUT2D eigenvalue weighted by atomic mass is 16.5. The zero-order valence-electron chi connectivity index (χ0n) is 11.7. The van der Waals surface area contributed by atoms with Crippen molar-refractivity contribution in [2.24, 2.45) is 5.73 Å². The number of nitrogens with zero attached hydrogens (tertiary/aromatic N) is 1. The van der Waals surface area contributed by atoms with Gasteiger partial charge in [-0.3, -0.25) is 4.79 Å². The van der Waals surface area contributed by atoms with Gasteiger partial charge in [0.2, 0.25) is 5.91 Å². The maximum atomic E-state index is 11.5. The maximum Gasteiger partial charge on any atom is 0.224 e. The van der Waals surface area contributed by atoms with Crippen LogP contribution in [0.5, 0.6) is 5.75 Å². The number of anilines is 1. The van der Waals surface area contributed by atoms with E-state index in [1.54, 1.807) is 0 Å². The van der Waals surface area contributed by atoms with Gasteiger partial charge in [0.1, 0.15) is 12.4 Å². The third-order valence-corrected chi connectivity index (χ3v) is 2.55. The largest absolute Gasteiger partial charge is 0.492 e. The fraction of sp³-hybridized carbons (Fsp3) is 0.500. The van der Waals surface area contributed by atoms with Crippen LogP contribution in [0.1, 0.15) is 12.8 Å². The summed E-state index contributed by atoms with van der Waals surface area (Å²) >= 11 is 0. The van der Waals surface area contributed by atoms with Gasteiger partial charge in [0, 0.05) is 18.7 Å². The predicted octanol–water partition coefficient (Wildman–Crippen LogP) is 1.30. The summed E-state index contributed by atoms with van der Waals surface area (Å²) in [6.45, 7) is 2.05. The van der Waals surface area contributed by atoms with Gasteiger partial charge >= 0.3 is 0 Å². The molecule has 3 N–H and O–H groups in total. The van der Waals surface area contributed by atoms with Crippen molar-refractivity contribution in [1.82, 2.24) is 4.90 Å². The van der Waals surface area contributed by atoms with Crippen molar-refractivity contribution >= 4 is 11.6 Å². The number of hydrogen-bond acceptors (Lipinski definition) is 4. The maximum absolute atomic E-state index is 11.5. The van der Waals surface area contributed by atoms with E-state index in [4.69, 9.17) is 10.5 Å². The number of carbonyl (C=O) groups is 1. The van der Waals surface area contributed by atoms with Gasteiger partial charge in [-0.25, -0.2) is 0 Å². The number of nitrogens with two attached hydrogens (primary N) is 1. The molecule has 0 aliphatic carbocycles. The Kier molecular flexibility index (Phi) is 6.92. The lowest BCUT2D eigenvalue weighted by Crippen LogP contribution is -2.19. The van der Waals surface area contributed by atoms with Crippen molar-refractivity contribution in [2.75, 3.05) is 39.1 Å². The van der Waals surface area contributed by atoms with Gasteiger partial charge in [0.05, 0.1) is 0 Å². The first kappa shape index (κ1) is 15.5. The minimum absolute atomic E-state index is 0.00766. The molecule has 0 saturated heterocycles. The summed E-state index contributed by atoms with van der Waals surface area (Å²) in [5, 5.41) is 2.82. The normalized spacial score (nSPS) is 10.5. The molecule has 106 valence electrons. The smallest absolute Gasteiger partial charge is 0.224 e. The van der Waals surface area contributed by atoms with Crippen LogP contribution < -0.4 is 15.8 Å². The van der Waals surface area contributed by atoms with Crippen molar-refractivity contribution in [3.8, 4) is 5.75 Å². The fourth-order valence-electron chi connectivity index (χ4n) is 1.47. The van der Waals surface area contributed by atoms with E-state index in [0.29, 0.717) is 26.0 Å². The van der Waals surface area contributed by atoms with Gasteiger partial charge in [0.15, 0.2) is 0 Å². The lowest BCUT2D eigenvalue weighted by atomic mass is 10.2. The molecule has 0 heterocycles. The molecule has 0 aliphatic rings. The minimum atomic E-state index is -0.00766. The van der Waals surface area contributed by atoms with E-state index in [0.717, 1.165) is 18.0 Å². The van der Waals surface area contributed by atoms with E-state index in [1.165, 1.54) is 0 Å². The molecule has 0 radical (unpaired) electrons. The summed E-state index contributed by atoms with van der Waals surface area (Å²) in [5.74, 6) is 0.800. The Hall–Kier alpha value is -1.59. The fourth-order valence-corrected chi connectivity index (χ4v) is 1.47. The van der Waals surface area contributed by atoms with Gasteiger partial charge in [0.25, 0.3) is 0 Å². The van der Waals surface area contributed by atoms with Crippen LogP contribution in [0.3, 0.4) is 0 Å². The molecule has 5 heteroatoms. The van der Waals surface area contributed by atoms with Crippen molar-refractivity contribution in [3.63, 3.8) is 0 Å². The Morgan fingerprint density at radius 2 is 2.00 bits per heavy atom. The SMILES string of the molecule is CN(C)CCOc1ccc(NC(=O)CCCN)cc1. The molecule has 0 atom stereocenters. The van der Waals surface area contributed by atoms with E-state index in [1.807, 2.05) is 38.4 Å². The molecule has 0 aliphatic heterocycles. The predicted molar refractivity (Wildman–Crippen MR) is 77.4 cm³/mol. The number of hydrogen-bond donors (Lipinski definition) is 2. The summed E-state index contributed by atoms with van der Waals surface area (Å²) in [7, 11) is 4.01. The Morgan fingerprint density at radius 1 is 1.32 bits per heavy atom. The number of benzene rings is 1. The molecular formula is C14H23N3O2. The molecule has 5 nitrogen and oxygen atoms in total. The van der Waals surface area contributed by atoms with Crippen molar-refractivity contribution < 1.29 is 9.53 Å². The van der Waals surface area contributed by atoms with Crippen LogP contribution in [0.4, 0.5) is 5.69 Å². The summed E-state index contributed by atoms with van der Waals surface area (Å²) < 4.78 is 5.57. The van der Waals surface area contributed by atoms with Crippen molar-refractivity contribution in [1.29, 1.82) is 0 Å². The summed E-state index contributed by atoms with van der Waals surface area (Å²) in [4.78, 5) is 13.6. The molecule has 0 fully saturated rings. The van der Waals surface area contributed by atoms with Gasteiger partial charge in [-0.15, -0.1) is 0 Å². The molecule has 0 aromatic heterocycles. The second-order valence-corrected chi connectivity index (χ2v) is 4.62. The summed E-state index contributed by atoms with van der Waals surface area (Å²) in [6, 6.07) is 7.39. The van der Waals surface area contributed by atoms with Crippen LogP contribution in [0.25, 0.3) is 0 Å². The molecule has 0 spiro atoms. The third-order valence-electron chi connectivity index (χ3n) is 2.55. The Balaban J connectivity index is 2.36. The van der Waals surface area contributed by atoms with Crippen molar-refractivity contribution in [3.05, 3.63) is 24.3 Å². The zero-order chi connectivity index (χ0) is 14.1. The van der Waals surface area contributed by atoms with Crippen molar-refractivity contribution in [2.45, 2.75) is 12.8 Å². The van der Waals surface area contributed by atoms with Gasteiger partial charge in [-0.2, -0.15) is 0 Å². The summed E-state index contributed by atoms with van der Waals surface area (Å²) in [5.41, 5.74) is 6.14. The molecule has 1 aromatic carbocycles. The highest BCUT2D eigenvalue weighted by molar-refractivity contribution is 5.90. The van der Waals surface area contributed by atoms with E-state index in [-0.39, 0.29) is 5.91 Å². The molecule has 0 bridgehead atoms. The van der Waals surface area contributed by atoms with E-state index in [9.17, 15) is 4.79 Å². The standard InChI is InChI=1S/C14H23N3O2/c1-17(2)10-11-19-13-7-5-12(6-8-13)16-14(18)4-3-9-15/h5-8H,3-4,9-11,15H2,1-2H3,(H,16,18). The average molecular weight is 265 g/mol. The second-order valence-electron chi connectivity index (χ2n) is 4.62. The lowest BCUT2D eigenvalue weighted by molar-refractivity contribution is -0.116. The molecule has 1 rings (SSSR count). The number of rotatable bonds is 8. The Morgan fingerprint density at radius 3 is 2.58 bits per heavy atom. The second kappa shape index (κ2) is 8.50. The first-order chi connectivity index (χ1) is 9.11. The van der Waals surface area contributed by atoms with Crippen LogP contribution in [0.15, 0.2) is 24.3 Å². The third kappa shape index (κ3) is 6.79. The van der Waals surface area contributed by atoms with Gasteiger partial charge < -0.3 is 20.7 Å². The first-order valence-electron chi connectivity index (χ1n) is 6.49. The topological polar surface area (TPSA) is 67.6 Å². The van der Waals surface area contributed by atoms with Crippen LogP contribution in [-0.2, 0) is 4.79 Å². The molecule has 1 amide bonds. The Bertz CT molecular complexity index is 377.